The van der Waals surface area contributed by atoms with Gasteiger partial charge in [0.05, 0.1) is 0 Å². The van der Waals surface area contributed by atoms with Crippen LogP contribution in [0.3, 0.4) is 0 Å². The molecule has 1 aromatic carbocycles. The summed E-state index contributed by atoms with van der Waals surface area (Å²) in [5.74, 6) is 0.758. The quantitative estimate of drug-likeness (QED) is 0.357. The average molecular weight is 517 g/mol. The van der Waals surface area contributed by atoms with Gasteiger partial charge < -0.3 is 25.2 Å². The molecule has 29 heavy (non-hydrogen) atoms. The van der Waals surface area contributed by atoms with Crippen molar-refractivity contribution in [3.63, 3.8) is 0 Å². The first-order chi connectivity index (χ1) is 13.2. The van der Waals surface area contributed by atoms with E-state index in [9.17, 15) is 4.79 Å². The third kappa shape index (κ3) is 8.67. The maximum absolute atomic E-state index is 12.0. The number of hydrogen-bond donors (Lipinski definition) is 2. The highest BCUT2D eigenvalue weighted by Crippen LogP contribution is 2.20. The van der Waals surface area contributed by atoms with Crippen LogP contribution in [0.4, 0.5) is 10.5 Å². The van der Waals surface area contributed by atoms with Crippen LogP contribution in [0.1, 0.15) is 32.8 Å². The van der Waals surface area contributed by atoms with Crippen molar-refractivity contribution in [2.45, 2.75) is 45.8 Å². The Hall–Kier alpha value is -1.71. The van der Waals surface area contributed by atoms with Crippen molar-refractivity contribution >= 4 is 41.7 Å². The first-order valence-corrected chi connectivity index (χ1v) is 9.91. The Morgan fingerprint density at radius 1 is 1.31 bits per heavy atom. The van der Waals surface area contributed by atoms with Gasteiger partial charge in [-0.15, -0.1) is 24.0 Å². The number of hydrogen-bond acceptors (Lipinski definition) is 4. The number of carbonyl (C=O) groups excluding carboxylic acids is 1. The molecule has 0 spiro atoms. The number of aryl methyl sites for hydroxylation is 1. The van der Waals surface area contributed by atoms with Crippen LogP contribution in [0, 0.1) is 6.92 Å². The third-order valence-corrected chi connectivity index (χ3v) is 4.60. The summed E-state index contributed by atoms with van der Waals surface area (Å²) in [6, 6.07) is 9.00. The van der Waals surface area contributed by atoms with E-state index in [0.717, 1.165) is 25.5 Å². The van der Waals surface area contributed by atoms with Crippen LogP contribution >= 0.6 is 24.0 Å². The van der Waals surface area contributed by atoms with Gasteiger partial charge in [-0.2, -0.15) is 0 Å². The summed E-state index contributed by atoms with van der Waals surface area (Å²) in [4.78, 5) is 20.3. The number of benzene rings is 1. The molecule has 1 saturated heterocycles. The Morgan fingerprint density at radius 3 is 2.55 bits per heavy atom. The topological polar surface area (TPSA) is 69.2 Å². The summed E-state index contributed by atoms with van der Waals surface area (Å²) < 4.78 is 5.36. The molecule has 1 heterocycles. The SMILES string of the molecule is CN=C(NCCN(C)C(=O)OC(C)(C)C)NC1CCN(c2ccc(C)cc2)C1.I. The molecule has 164 valence electrons. The van der Waals surface area contributed by atoms with Crippen molar-refractivity contribution < 1.29 is 9.53 Å². The van der Waals surface area contributed by atoms with Gasteiger partial charge in [-0.05, 0) is 46.2 Å². The van der Waals surface area contributed by atoms with E-state index in [-0.39, 0.29) is 30.1 Å². The lowest BCUT2D eigenvalue weighted by molar-refractivity contribution is 0.0302. The van der Waals surface area contributed by atoms with E-state index in [0.29, 0.717) is 19.1 Å². The minimum absolute atomic E-state index is 0. The van der Waals surface area contributed by atoms with Crippen molar-refractivity contribution in [1.29, 1.82) is 0 Å². The summed E-state index contributed by atoms with van der Waals surface area (Å²) in [5, 5.41) is 6.76. The second kappa shape index (κ2) is 11.5. The molecule has 8 heteroatoms. The zero-order valence-corrected chi connectivity index (χ0v) is 20.8. The highest BCUT2D eigenvalue weighted by molar-refractivity contribution is 14.0. The molecule has 1 unspecified atom stereocenters. The van der Waals surface area contributed by atoms with Crippen molar-refractivity contribution in [3.05, 3.63) is 29.8 Å². The number of ether oxygens (including phenoxy) is 1. The van der Waals surface area contributed by atoms with Gasteiger partial charge in [0.25, 0.3) is 0 Å². The molecule has 1 aromatic rings. The minimum atomic E-state index is -0.484. The molecule has 0 aliphatic carbocycles. The van der Waals surface area contributed by atoms with Gasteiger partial charge in [0.1, 0.15) is 5.60 Å². The number of anilines is 1. The molecule has 0 bridgehead atoms. The predicted octanol–water partition coefficient (Wildman–Crippen LogP) is 3.22. The van der Waals surface area contributed by atoms with Crippen LogP contribution in [0.2, 0.25) is 0 Å². The summed E-state index contributed by atoms with van der Waals surface area (Å²) in [7, 11) is 3.50. The highest BCUT2D eigenvalue weighted by atomic mass is 127. The van der Waals surface area contributed by atoms with Crippen molar-refractivity contribution in [3.8, 4) is 0 Å². The lowest BCUT2D eigenvalue weighted by Gasteiger charge is -2.25. The van der Waals surface area contributed by atoms with Crippen LogP contribution in [-0.2, 0) is 4.74 Å². The highest BCUT2D eigenvalue weighted by Gasteiger charge is 2.23. The van der Waals surface area contributed by atoms with E-state index >= 15 is 0 Å². The fourth-order valence-corrected chi connectivity index (χ4v) is 3.03. The number of nitrogens with zero attached hydrogens (tertiary/aromatic N) is 3. The Labute approximate surface area is 192 Å². The lowest BCUT2D eigenvalue weighted by atomic mass is 10.2. The smallest absolute Gasteiger partial charge is 0.410 e. The third-order valence-electron chi connectivity index (χ3n) is 4.60. The number of guanidine groups is 1. The van der Waals surface area contributed by atoms with Crippen molar-refractivity contribution in [1.82, 2.24) is 15.5 Å². The van der Waals surface area contributed by atoms with Gasteiger partial charge in [0.15, 0.2) is 5.96 Å². The first kappa shape index (κ1) is 25.3. The number of likely N-dealkylation sites (N-methyl/N-ethyl adjacent to an activating group) is 1. The molecule has 1 atom stereocenters. The number of carbonyl (C=O) groups is 1. The number of aliphatic imine (C=N–C) groups is 1. The molecule has 0 saturated carbocycles. The molecule has 1 aliphatic heterocycles. The molecule has 2 rings (SSSR count). The average Bonchev–Trinajstić information content (AvgIpc) is 3.08. The molecule has 2 N–H and O–H groups in total. The van der Waals surface area contributed by atoms with E-state index in [1.165, 1.54) is 11.3 Å². The first-order valence-electron chi connectivity index (χ1n) is 9.91. The van der Waals surface area contributed by atoms with Gasteiger partial charge in [-0.25, -0.2) is 4.79 Å². The van der Waals surface area contributed by atoms with E-state index in [1.807, 2.05) is 20.8 Å². The largest absolute Gasteiger partial charge is 0.444 e. The normalized spacial score (nSPS) is 16.8. The van der Waals surface area contributed by atoms with Crippen molar-refractivity contribution in [2.75, 3.05) is 45.2 Å². The summed E-state index contributed by atoms with van der Waals surface area (Å²) in [5.41, 5.74) is 2.05. The van der Waals surface area contributed by atoms with Crippen LogP contribution in [0.25, 0.3) is 0 Å². The van der Waals surface area contributed by atoms with Crippen LogP contribution in [-0.4, -0.2) is 68.9 Å². The summed E-state index contributed by atoms with van der Waals surface area (Å²) in [6.45, 7) is 10.8. The summed E-state index contributed by atoms with van der Waals surface area (Å²) >= 11 is 0. The Bertz CT molecular complexity index is 673. The van der Waals surface area contributed by atoms with Crippen molar-refractivity contribution in [2.24, 2.45) is 4.99 Å². The van der Waals surface area contributed by atoms with E-state index in [1.54, 1.807) is 19.0 Å². The Morgan fingerprint density at radius 2 is 1.97 bits per heavy atom. The number of rotatable bonds is 5. The predicted molar refractivity (Wildman–Crippen MR) is 131 cm³/mol. The van der Waals surface area contributed by atoms with Gasteiger partial charge in [0.2, 0.25) is 0 Å². The zero-order chi connectivity index (χ0) is 20.7. The fourth-order valence-electron chi connectivity index (χ4n) is 3.03. The molecule has 1 amide bonds. The van der Waals surface area contributed by atoms with Crippen LogP contribution < -0.4 is 15.5 Å². The molecule has 0 radical (unpaired) electrons. The minimum Gasteiger partial charge on any atom is -0.444 e. The van der Waals surface area contributed by atoms with Crippen LogP contribution in [0.5, 0.6) is 0 Å². The second-order valence-corrected chi connectivity index (χ2v) is 8.31. The maximum atomic E-state index is 12.0. The molecule has 1 fully saturated rings. The van der Waals surface area contributed by atoms with Gasteiger partial charge in [-0.1, -0.05) is 17.7 Å². The molecule has 7 nitrogen and oxygen atoms in total. The van der Waals surface area contributed by atoms with E-state index in [2.05, 4.69) is 51.7 Å². The monoisotopic (exact) mass is 517 g/mol. The Kier molecular flexibility index (Phi) is 10.0. The second-order valence-electron chi connectivity index (χ2n) is 8.31. The number of amides is 1. The summed E-state index contributed by atoms with van der Waals surface area (Å²) in [6.07, 6.45) is 0.744. The fraction of sp³-hybridized carbons (Fsp3) is 0.619. The number of nitrogens with one attached hydrogen (secondary N) is 2. The van der Waals surface area contributed by atoms with E-state index in [4.69, 9.17) is 4.74 Å². The maximum Gasteiger partial charge on any atom is 0.410 e. The zero-order valence-electron chi connectivity index (χ0n) is 18.5. The van der Waals surface area contributed by atoms with E-state index < -0.39 is 5.60 Å². The molecule has 1 aliphatic rings. The number of halogens is 1. The van der Waals surface area contributed by atoms with Crippen LogP contribution in [0.15, 0.2) is 29.3 Å². The van der Waals surface area contributed by atoms with Gasteiger partial charge >= 0.3 is 6.09 Å². The standard InChI is InChI=1S/C21H35N5O2.HI/c1-16-7-9-18(10-8-16)26-13-11-17(15-26)24-19(22-5)23-12-14-25(6)20(27)28-21(2,3)4;/h7-10,17H,11-15H2,1-6H3,(H2,22,23,24);1H. The lowest BCUT2D eigenvalue weighted by Crippen LogP contribution is -2.47. The van der Waals surface area contributed by atoms with Gasteiger partial charge in [0, 0.05) is 52.0 Å². The molecular weight excluding hydrogens is 481 g/mol. The Balaban J connectivity index is 0.00000420. The van der Waals surface area contributed by atoms with Gasteiger partial charge in [-0.3, -0.25) is 4.99 Å². The molecule has 0 aromatic heterocycles. The molecular formula is C21H36IN5O2.